The molecule has 6 nitrogen and oxygen atoms in total. The molecule has 0 aliphatic rings. The second-order valence-corrected chi connectivity index (χ2v) is 6.31. The number of fused-ring (bicyclic) bond motifs is 1. The van der Waals surface area contributed by atoms with Crippen LogP contribution in [-0.4, -0.2) is 32.4 Å². The van der Waals surface area contributed by atoms with Gasteiger partial charge in [0.25, 0.3) is 0 Å². The van der Waals surface area contributed by atoms with Crippen LogP contribution >= 0.6 is 0 Å². The Kier molecular flexibility index (Phi) is 4.93. The quantitative estimate of drug-likeness (QED) is 0.730. The third kappa shape index (κ3) is 3.14. The third-order valence-corrected chi connectivity index (χ3v) is 4.60. The molecule has 0 saturated carbocycles. The van der Waals surface area contributed by atoms with Crippen LogP contribution in [0.5, 0.6) is 5.75 Å². The van der Waals surface area contributed by atoms with Crippen LogP contribution in [0, 0.1) is 20.8 Å². The number of carbonyl (C=O) groups is 1. The van der Waals surface area contributed by atoms with Gasteiger partial charge in [-0.3, -0.25) is 4.79 Å². The molecule has 3 aromatic rings. The molecule has 2 heterocycles. The predicted molar refractivity (Wildman–Crippen MR) is 100 cm³/mol. The molecule has 0 atom stereocenters. The van der Waals surface area contributed by atoms with Crippen molar-refractivity contribution >= 4 is 16.7 Å². The number of carboxylic acids is 1. The second kappa shape index (κ2) is 7.15. The highest BCUT2D eigenvalue weighted by atomic mass is 16.5. The maximum Gasteiger partial charge on any atom is 0.303 e. The molecule has 0 bridgehead atoms. The van der Waals surface area contributed by atoms with Gasteiger partial charge in [-0.25, -0.2) is 0 Å². The number of aromatic nitrogens is 3. The van der Waals surface area contributed by atoms with E-state index in [1.54, 1.807) is 0 Å². The molecule has 2 aromatic heterocycles. The lowest BCUT2D eigenvalue weighted by atomic mass is 10.1. The van der Waals surface area contributed by atoms with Crippen molar-refractivity contribution in [2.45, 2.75) is 40.5 Å². The first-order valence-corrected chi connectivity index (χ1v) is 8.72. The largest absolute Gasteiger partial charge is 0.494 e. The van der Waals surface area contributed by atoms with Crippen molar-refractivity contribution in [2.24, 2.45) is 0 Å². The van der Waals surface area contributed by atoms with Crippen LogP contribution in [0.4, 0.5) is 0 Å². The zero-order chi connectivity index (χ0) is 18.8. The number of benzene rings is 1. The van der Waals surface area contributed by atoms with Gasteiger partial charge in [-0.15, -0.1) is 0 Å². The summed E-state index contributed by atoms with van der Waals surface area (Å²) >= 11 is 0. The first-order chi connectivity index (χ1) is 12.4. The molecule has 0 aliphatic heterocycles. The summed E-state index contributed by atoms with van der Waals surface area (Å²) in [5, 5.41) is 19.6. The molecule has 26 heavy (non-hydrogen) atoms. The van der Waals surface area contributed by atoms with Crippen LogP contribution in [0.2, 0.25) is 0 Å². The van der Waals surface area contributed by atoms with Gasteiger partial charge < -0.3 is 14.4 Å². The summed E-state index contributed by atoms with van der Waals surface area (Å²) in [6.45, 7) is 8.63. The average molecular weight is 353 g/mol. The fraction of sp³-hybridized carbons (Fsp3) is 0.350. The summed E-state index contributed by atoms with van der Waals surface area (Å²) in [4.78, 5) is 11.0. The Hall–Kier alpha value is -2.89. The van der Waals surface area contributed by atoms with Crippen molar-refractivity contribution in [1.29, 1.82) is 0 Å². The van der Waals surface area contributed by atoms with Gasteiger partial charge in [0.1, 0.15) is 5.75 Å². The number of aliphatic carboxylic acids is 1. The molecule has 0 spiro atoms. The minimum atomic E-state index is -0.833. The normalized spacial score (nSPS) is 11.1. The standard InChI is InChI=1S/C20H23N3O3/c1-5-26-16-8-6-15(7-9-16)23-13(3)19-12(2)21-22-17(10-11-18(24)25)20(19)14(23)4/h6-9H,5,10-11H2,1-4H3,(H,24,25). The van der Waals surface area contributed by atoms with E-state index in [0.29, 0.717) is 13.0 Å². The summed E-state index contributed by atoms with van der Waals surface area (Å²) in [5.41, 5.74) is 4.73. The lowest BCUT2D eigenvalue weighted by Crippen LogP contribution is -2.02. The molecular formula is C20H23N3O3. The topological polar surface area (TPSA) is 77.2 Å². The van der Waals surface area contributed by atoms with Gasteiger partial charge in [-0.2, -0.15) is 10.2 Å². The molecule has 0 fully saturated rings. The fourth-order valence-electron chi connectivity index (χ4n) is 3.51. The summed E-state index contributed by atoms with van der Waals surface area (Å²) in [5.74, 6) is 0.00535. The van der Waals surface area contributed by atoms with E-state index < -0.39 is 5.97 Å². The van der Waals surface area contributed by atoms with E-state index >= 15 is 0 Å². The van der Waals surface area contributed by atoms with E-state index in [-0.39, 0.29) is 6.42 Å². The molecule has 0 radical (unpaired) electrons. The first-order valence-electron chi connectivity index (χ1n) is 8.72. The number of carboxylic acid groups (broad SMARTS) is 1. The summed E-state index contributed by atoms with van der Waals surface area (Å²) in [6, 6.07) is 7.96. The summed E-state index contributed by atoms with van der Waals surface area (Å²) < 4.78 is 7.69. The lowest BCUT2D eigenvalue weighted by molar-refractivity contribution is -0.136. The van der Waals surface area contributed by atoms with Crippen molar-refractivity contribution < 1.29 is 14.6 Å². The molecule has 1 N–H and O–H groups in total. The number of nitrogens with zero attached hydrogens (tertiary/aromatic N) is 3. The number of rotatable bonds is 6. The Morgan fingerprint density at radius 3 is 2.35 bits per heavy atom. The van der Waals surface area contributed by atoms with E-state index in [2.05, 4.69) is 21.7 Å². The highest BCUT2D eigenvalue weighted by molar-refractivity contribution is 5.93. The molecule has 136 valence electrons. The predicted octanol–water partition coefficient (Wildman–Crippen LogP) is 3.76. The monoisotopic (exact) mass is 353 g/mol. The Morgan fingerprint density at radius 2 is 1.73 bits per heavy atom. The highest BCUT2D eigenvalue weighted by Gasteiger charge is 2.19. The smallest absolute Gasteiger partial charge is 0.303 e. The molecule has 0 saturated heterocycles. The van der Waals surface area contributed by atoms with Gasteiger partial charge in [0.15, 0.2) is 0 Å². The maximum atomic E-state index is 11.0. The summed E-state index contributed by atoms with van der Waals surface area (Å²) in [6.07, 6.45) is 0.409. The molecular weight excluding hydrogens is 330 g/mol. The van der Waals surface area contributed by atoms with Crippen LogP contribution in [0.25, 0.3) is 16.5 Å². The Balaban J connectivity index is 2.16. The van der Waals surface area contributed by atoms with Gasteiger partial charge in [0.05, 0.1) is 24.4 Å². The first kappa shape index (κ1) is 17.9. The van der Waals surface area contributed by atoms with Crippen molar-refractivity contribution in [2.75, 3.05) is 6.61 Å². The highest BCUT2D eigenvalue weighted by Crippen LogP contribution is 2.32. The van der Waals surface area contributed by atoms with Gasteiger partial charge in [0.2, 0.25) is 0 Å². The van der Waals surface area contributed by atoms with Crippen LogP contribution in [0.3, 0.4) is 0 Å². The molecule has 0 amide bonds. The zero-order valence-corrected chi connectivity index (χ0v) is 15.5. The van der Waals surface area contributed by atoms with E-state index in [1.165, 1.54) is 0 Å². The van der Waals surface area contributed by atoms with Crippen LogP contribution < -0.4 is 4.74 Å². The van der Waals surface area contributed by atoms with Crippen molar-refractivity contribution in [1.82, 2.24) is 14.8 Å². The van der Waals surface area contributed by atoms with Gasteiger partial charge in [0, 0.05) is 34.3 Å². The molecule has 0 aliphatic carbocycles. The number of aryl methyl sites for hydroxylation is 4. The minimum absolute atomic E-state index is 0.0412. The third-order valence-electron chi connectivity index (χ3n) is 4.60. The van der Waals surface area contributed by atoms with Crippen molar-refractivity contribution in [3.8, 4) is 11.4 Å². The maximum absolute atomic E-state index is 11.0. The lowest BCUT2D eigenvalue weighted by Gasteiger charge is -2.10. The van der Waals surface area contributed by atoms with E-state index in [4.69, 9.17) is 9.84 Å². The van der Waals surface area contributed by atoms with Gasteiger partial charge >= 0.3 is 5.97 Å². The van der Waals surface area contributed by atoms with Gasteiger partial charge in [-0.05, 0) is 52.0 Å². The SMILES string of the molecule is CCOc1ccc(-n2c(C)c3c(C)nnc(CCC(=O)O)c3c2C)cc1. The molecule has 1 aromatic carbocycles. The average Bonchev–Trinajstić information content (AvgIpc) is 2.88. The van der Waals surface area contributed by atoms with Crippen molar-refractivity contribution in [3.63, 3.8) is 0 Å². The zero-order valence-electron chi connectivity index (χ0n) is 15.5. The summed E-state index contributed by atoms with van der Waals surface area (Å²) in [7, 11) is 0. The van der Waals surface area contributed by atoms with Crippen LogP contribution in [0.1, 0.15) is 36.1 Å². The molecule has 6 heteroatoms. The minimum Gasteiger partial charge on any atom is -0.494 e. The second-order valence-electron chi connectivity index (χ2n) is 6.31. The number of ether oxygens (including phenoxy) is 1. The van der Waals surface area contributed by atoms with Gasteiger partial charge in [-0.1, -0.05) is 0 Å². The van der Waals surface area contributed by atoms with Crippen LogP contribution in [-0.2, 0) is 11.2 Å². The number of hydrogen-bond donors (Lipinski definition) is 1. The van der Waals surface area contributed by atoms with E-state index in [1.807, 2.05) is 45.0 Å². The molecule has 0 unspecified atom stereocenters. The van der Waals surface area contributed by atoms with E-state index in [0.717, 1.165) is 45.0 Å². The fourth-order valence-corrected chi connectivity index (χ4v) is 3.51. The Morgan fingerprint density at radius 1 is 1.08 bits per heavy atom. The Bertz CT molecular complexity index is 959. The van der Waals surface area contributed by atoms with Crippen LogP contribution in [0.15, 0.2) is 24.3 Å². The Labute approximate surface area is 152 Å². The van der Waals surface area contributed by atoms with Crippen molar-refractivity contribution in [3.05, 3.63) is 47.0 Å². The number of hydrogen-bond acceptors (Lipinski definition) is 4. The molecule has 3 rings (SSSR count). The van der Waals surface area contributed by atoms with E-state index in [9.17, 15) is 4.79 Å².